The summed E-state index contributed by atoms with van der Waals surface area (Å²) in [5, 5.41) is 13.9. The Balaban J connectivity index is 1.64. The van der Waals surface area contributed by atoms with E-state index in [9.17, 15) is 5.26 Å². The first-order chi connectivity index (χ1) is 14.0. The van der Waals surface area contributed by atoms with Gasteiger partial charge in [-0.1, -0.05) is 46.9 Å². The number of hydrogen-bond donors (Lipinski definition) is 0. The number of allylic oxidation sites excluding steroid dienone is 1. The lowest BCUT2D eigenvalue weighted by Crippen LogP contribution is -1.82. The molecule has 2 aromatic heterocycles. The first-order valence-corrected chi connectivity index (χ1v) is 10.4. The molecule has 0 saturated carbocycles. The summed E-state index contributed by atoms with van der Waals surface area (Å²) in [5.74, 6) is 1.10. The Labute approximate surface area is 186 Å². The average Bonchev–Trinajstić information content (AvgIpc) is 3.38. The molecule has 0 spiro atoms. The van der Waals surface area contributed by atoms with Gasteiger partial charge >= 0.3 is 0 Å². The summed E-state index contributed by atoms with van der Waals surface area (Å²) in [7, 11) is 0. The van der Waals surface area contributed by atoms with Crippen molar-refractivity contribution < 1.29 is 4.42 Å². The van der Waals surface area contributed by atoms with Gasteiger partial charge in [0, 0.05) is 32.6 Å². The predicted octanol–water partition coefficient (Wildman–Crippen LogP) is 8.09. The summed E-state index contributed by atoms with van der Waals surface area (Å²) in [6.45, 7) is 0. The van der Waals surface area contributed by atoms with Crippen LogP contribution in [0.3, 0.4) is 0 Å². The fourth-order valence-electron chi connectivity index (χ4n) is 2.70. The van der Waals surface area contributed by atoms with Crippen molar-refractivity contribution in [3.8, 4) is 28.7 Å². The molecule has 0 N–H and O–H groups in total. The number of hydrogen-bond acceptors (Lipinski definition) is 4. The van der Waals surface area contributed by atoms with Crippen LogP contribution in [0.2, 0.25) is 15.1 Å². The quantitative estimate of drug-likeness (QED) is 0.291. The monoisotopic (exact) mass is 456 g/mol. The van der Waals surface area contributed by atoms with Crippen molar-refractivity contribution in [3.05, 3.63) is 85.8 Å². The summed E-state index contributed by atoms with van der Waals surface area (Å²) in [4.78, 5) is 4.57. The lowest BCUT2D eigenvalue weighted by molar-refractivity contribution is 0.572. The first kappa shape index (κ1) is 19.8. The molecule has 0 radical (unpaired) electrons. The van der Waals surface area contributed by atoms with Gasteiger partial charge in [-0.2, -0.15) is 5.26 Å². The molecular formula is C22H11Cl3N2OS. The van der Waals surface area contributed by atoms with Crippen LogP contribution in [0.5, 0.6) is 0 Å². The smallest absolute Gasteiger partial charge is 0.136 e. The fraction of sp³-hybridized carbons (Fsp3) is 0. The van der Waals surface area contributed by atoms with Crippen molar-refractivity contribution in [1.82, 2.24) is 4.98 Å². The van der Waals surface area contributed by atoms with Crippen LogP contribution in [-0.4, -0.2) is 4.98 Å². The van der Waals surface area contributed by atoms with E-state index in [2.05, 4.69) is 11.1 Å². The Morgan fingerprint density at radius 1 is 1.00 bits per heavy atom. The number of thiazole rings is 1. The molecule has 0 amide bonds. The van der Waals surface area contributed by atoms with Gasteiger partial charge in [-0.3, -0.25) is 0 Å². The zero-order valence-corrected chi connectivity index (χ0v) is 17.8. The third-order valence-corrected chi connectivity index (χ3v) is 5.79. The number of nitriles is 1. The summed E-state index contributed by atoms with van der Waals surface area (Å²) in [6.07, 6.45) is 1.66. The van der Waals surface area contributed by atoms with E-state index in [1.807, 2.05) is 29.6 Å². The van der Waals surface area contributed by atoms with Crippen molar-refractivity contribution in [3.63, 3.8) is 0 Å². The van der Waals surface area contributed by atoms with E-state index in [4.69, 9.17) is 39.2 Å². The summed E-state index contributed by atoms with van der Waals surface area (Å²) in [5.41, 5.74) is 2.82. The Hall–Kier alpha value is -2.55. The second-order valence-corrected chi connectivity index (χ2v) is 8.18. The van der Waals surface area contributed by atoms with Crippen LogP contribution in [-0.2, 0) is 0 Å². The molecule has 0 saturated heterocycles. The van der Waals surface area contributed by atoms with Gasteiger partial charge in [0.1, 0.15) is 22.6 Å². The predicted molar refractivity (Wildman–Crippen MR) is 120 cm³/mol. The highest BCUT2D eigenvalue weighted by molar-refractivity contribution is 7.11. The van der Waals surface area contributed by atoms with Gasteiger partial charge in [0.15, 0.2) is 0 Å². The fourth-order valence-corrected chi connectivity index (χ4v) is 4.00. The van der Waals surface area contributed by atoms with Gasteiger partial charge in [0.2, 0.25) is 0 Å². The molecule has 2 aromatic carbocycles. The Morgan fingerprint density at radius 3 is 2.52 bits per heavy atom. The lowest BCUT2D eigenvalue weighted by Gasteiger charge is -2.01. The molecule has 0 aliphatic carbocycles. The van der Waals surface area contributed by atoms with Crippen LogP contribution >= 0.6 is 46.1 Å². The van der Waals surface area contributed by atoms with Crippen LogP contribution in [0.25, 0.3) is 34.2 Å². The second-order valence-electron chi connectivity index (χ2n) is 6.04. The van der Waals surface area contributed by atoms with Crippen molar-refractivity contribution in [2.45, 2.75) is 0 Å². The van der Waals surface area contributed by atoms with Crippen LogP contribution < -0.4 is 0 Å². The van der Waals surface area contributed by atoms with Gasteiger partial charge in [0.25, 0.3) is 0 Å². The molecule has 4 rings (SSSR count). The minimum atomic E-state index is 0.410. The maximum absolute atomic E-state index is 9.61. The lowest BCUT2D eigenvalue weighted by atomic mass is 10.2. The van der Waals surface area contributed by atoms with E-state index >= 15 is 0 Å². The molecule has 142 valence electrons. The third kappa shape index (κ3) is 4.39. The molecular weight excluding hydrogens is 447 g/mol. The highest BCUT2D eigenvalue weighted by Crippen LogP contribution is 2.33. The SMILES string of the molecule is N#C/C(=C\c1ccc(-c2cc(Cl)ccc2Cl)o1)c1nc(-c2ccc(Cl)cc2)cs1. The maximum Gasteiger partial charge on any atom is 0.136 e. The maximum atomic E-state index is 9.61. The molecule has 7 heteroatoms. The average molecular weight is 458 g/mol. The largest absolute Gasteiger partial charge is 0.457 e. The zero-order valence-electron chi connectivity index (χ0n) is 14.7. The third-order valence-electron chi connectivity index (χ3n) is 4.10. The van der Waals surface area contributed by atoms with Gasteiger partial charge in [-0.15, -0.1) is 11.3 Å². The Morgan fingerprint density at radius 2 is 1.76 bits per heavy atom. The molecule has 0 fully saturated rings. The van der Waals surface area contributed by atoms with E-state index in [-0.39, 0.29) is 0 Å². The zero-order chi connectivity index (χ0) is 20.4. The Kier molecular flexibility index (Phi) is 5.75. The minimum absolute atomic E-state index is 0.410. The summed E-state index contributed by atoms with van der Waals surface area (Å²) in [6, 6.07) is 18.3. The Bertz CT molecular complexity index is 1250. The standard InChI is InChI=1S/C22H11Cl3N2OS/c23-15-3-1-13(2-4-15)20-12-29-22(27-20)14(11-26)9-17-6-8-21(28-17)18-10-16(24)5-7-19(18)25/h1-10,12H/b14-9+. The van der Waals surface area contributed by atoms with Crippen LogP contribution in [0, 0.1) is 11.3 Å². The van der Waals surface area contributed by atoms with Crippen molar-refractivity contribution in [1.29, 1.82) is 5.26 Å². The summed E-state index contributed by atoms with van der Waals surface area (Å²) < 4.78 is 5.86. The highest BCUT2D eigenvalue weighted by atomic mass is 35.5. The number of aromatic nitrogens is 1. The van der Waals surface area contributed by atoms with Crippen molar-refractivity contribution >= 4 is 57.8 Å². The summed E-state index contributed by atoms with van der Waals surface area (Å²) >= 11 is 19.6. The van der Waals surface area contributed by atoms with Gasteiger partial charge in [-0.25, -0.2) is 4.98 Å². The van der Waals surface area contributed by atoms with E-state index in [0.29, 0.717) is 42.7 Å². The highest BCUT2D eigenvalue weighted by Gasteiger charge is 2.12. The number of halogens is 3. The van der Waals surface area contributed by atoms with E-state index in [1.165, 1.54) is 11.3 Å². The number of furan rings is 1. The first-order valence-electron chi connectivity index (χ1n) is 8.42. The van der Waals surface area contributed by atoms with Crippen molar-refractivity contribution in [2.75, 3.05) is 0 Å². The molecule has 3 nitrogen and oxygen atoms in total. The molecule has 0 atom stereocenters. The minimum Gasteiger partial charge on any atom is -0.457 e. The molecule has 0 unspecified atom stereocenters. The van der Waals surface area contributed by atoms with E-state index in [1.54, 1.807) is 36.4 Å². The van der Waals surface area contributed by atoms with Gasteiger partial charge < -0.3 is 4.42 Å². The molecule has 0 bridgehead atoms. The molecule has 4 aromatic rings. The van der Waals surface area contributed by atoms with Crippen LogP contribution in [0.1, 0.15) is 10.8 Å². The molecule has 0 aliphatic rings. The van der Waals surface area contributed by atoms with E-state index < -0.39 is 0 Å². The molecule has 0 aliphatic heterocycles. The topological polar surface area (TPSA) is 49.8 Å². The molecule has 2 heterocycles. The molecule has 29 heavy (non-hydrogen) atoms. The van der Waals surface area contributed by atoms with Crippen LogP contribution in [0.15, 0.2) is 64.4 Å². The van der Waals surface area contributed by atoms with Gasteiger partial charge in [0.05, 0.1) is 16.3 Å². The number of nitrogens with zero attached hydrogens (tertiary/aromatic N) is 2. The van der Waals surface area contributed by atoms with Gasteiger partial charge in [-0.05, 0) is 42.5 Å². The normalized spacial score (nSPS) is 11.4. The number of benzene rings is 2. The van der Waals surface area contributed by atoms with Crippen molar-refractivity contribution in [2.24, 2.45) is 0 Å². The van der Waals surface area contributed by atoms with E-state index in [0.717, 1.165) is 11.3 Å². The number of rotatable bonds is 4. The second kappa shape index (κ2) is 8.44. The van der Waals surface area contributed by atoms with Crippen LogP contribution in [0.4, 0.5) is 0 Å².